The zero-order valence-corrected chi connectivity index (χ0v) is 12.5. The molecule has 0 fully saturated rings. The van der Waals surface area contributed by atoms with Crippen LogP contribution in [-0.4, -0.2) is 14.9 Å². The molecule has 112 valence electrons. The third kappa shape index (κ3) is 1.52. The summed E-state index contributed by atoms with van der Waals surface area (Å²) in [5, 5.41) is 16.0. The topological polar surface area (TPSA) is 90.4 Å². The average molecular weight is 297 g/mol. The van der Waals surface area contributed by atoms with Crippen molar-refractivity contribution in [2.75, 3.05) is 5.73 Å². The summed E-state index contributed by atoms with van der Waals surface area (Å²) in [6.45, 7) is 3.67. The minimum atomic E-state index is 0.0844. The third-order valence-corrected chi connectivity index (χ3v) is 3.93. The van der Waals surface area contributed by atoms with Crippen molar-refractivity contribution in [2.45, 2.75) is 13.8 Å². The van der Waals surface area contributed by atoms with Crippen LogP contribution in [0.5, 0.6) is 5.75 Å². The van der Waals surface area contributed by atoms with Crippen molar-refractivity contribution in [1.82, 2.24) is 9.78 Å². The van der Waals surface area contributed by atoms with Crippen molar-refractivity contribution in [1.29, 1.82) is 0 Å². The smallest absolute Gasteiger partial charge is 0.177 e. The molecule has 0 amide bonds. The summed E-state index contributed by atoms with van der Waals surface area (Å²) in [5.74, 6) is 2.03. The van der Waals surface area contributed by atoms with Crippen LogP contribution in [0.3, 0.4) is 0 Å². The van der Waals surface area contributed by atoms with Crippen LogP contribution in [0.15, 0.2) is 27.2 Å². The Labute approximate surface area is 125 Å². The minimum Gasteiger partial charge on any atom is -0.504 e. The molecular formula is C16H15N3O3. The van der Waals surface area contributed by atoms with Gasteiger partial charge in [0.2, 0.25) is 0 Å². The summed E-state index contributed by atoms with van der Waals surface area (Å²) in [5.41, 5.74) is 8.70. The van der Waals surface area contributed by atoms with Crippen LogP contribution in [0.25, 0.3) is 33.1 Å². The summed E-state index contributed by atoms with van der Waals surface area (Å²) in [4.78, 5) is 0. The fraction of sp³-hybridized carbons (Fsp3) is 0.188. The summed E-state index contributed by atoms with van der Waals surface area (Å²) in [6, 6.07) is 3.66. The SMILES string of the molecule is Cc1cc2c(-c3cnn(C)c3N)c3oc(C)cc3c(O)c2o1. The van der Waals surface area contributed by atoms with E-state index < -0.39 is 0 Å². The number of hydrogen-bond acceptors (Lipinski definition) is 5. The van der Waals surface area contributed by atoms with Crippen molar-refractivity contribution in [3.05, 3.63) is 29.9 Å². The van der Waals surface area contributed by atoms with E-state index in [1.54, 1.807) is 24.0 Å². The molecule has 3 heterocycles. The highest BCUT2D eigenvalue weighted by Crippen LogP contribution is 2.46. The van der Waals surface area contributed by atoms with E-state index in [1.165, 1.54) is 0 Å². The number of fused-ring (bicyclic) bond motifs is 2. The Morgan fingerprint density at radius 3 is 2.36 bits per heavy atom. The number of nitrogens with two attached hydrogens (primary N) is 1. The van der Waals surface area contributed by atoms with Crippen LogP contribution in [0, 0.1) is 13.8 Å². The van der Waals surface area contributed by atoms with E-state index in [0.29, 0.717) is 33.9 Å². The Morgan fingerprint density at radius 2 is 1.73 bits per heavy atom. The molecule has 1 aromatic carbocycles. The summed E-state index contributed by atoms with van der Waals surface area (Å²) >= 11 is 0. The normalized spacial score (nSPS) is 11.8. The zero-order chi connectivity index (χ0) is 15.6. The van der Waals surface area contributed by atoms with Crippen molar-refractivity contribution in [2.24, 2.45) is 7.05 Å². The quantitative estimate of drug-likeness (QED) is 0.561. The van der Waals surface area contributed by atoms with Crippen molar-refractivity contribution >= 4 is 27.8 Å². The predicted molar refractivity (Wildman–Crippen MR) is 83.7 cm³/mol. The van der Waals surface area contributed by atoms with Gasteiger partial charge in [-0.2, -0.15) is 5.10 Å². The number of phenols is 1. The van der Waals surface area contributed by atoms with Gasteiger partial charge in [-0.15, -0.1) is 0 Å². The van der Waals surface area contributed by atoms with E-state index in [0.717, 1.165) is 16.5 Å². The van der Waals surface area contributed by atoms with Gasteiger partial charge >= 0.3 is 0 Å². The molecule has 0 aliphatic carbocycles. The lowest BCUT2D eigenvalue weighted by Gasteiger charge is -2.06. The second-order valence-electron chi connectivity index (χ2n) is 5.49. The van der Waals surface area contributed by atoms with Gasteiger partial charge in [0.25, 0.3) is 0 Å². The highest BCUT2D eigenvalue weighted by molar-refractivity contribution is 6.14. The highest BCUT2D eigenvalue weighted by Gasteiger charge is 2.23. The lowest BCUT2D eigenvalue weighted by atomic mass is 10.0. The number of benzene rings is 1. The monoisotopic (exact) mass is 297 g/mol. The average Bonchev–Trinajstić information content (AvgIpc) is 3.12. The van der Waals surface area contributed by atoms with Crippen molar-refractivity contribution < 1.29 is 13.9 Å². The maximum absolute atomic E-state index is 10.5. The van der Waals surface area contributed by atoms with Gasteiger partial charge in [-0.25, -0.2) is 0 Å². The molecule has 4 aromatic rings. The van der Waals surface area contributed by atoms with E-state index in [9.17, 15) is 5.11 Å². The number of aromatic nitrogens is 2. The van der Waals surface area contributed by atoms with Gasteiger partial charge in [-0.3, -0.25) is 4.68 Å². The lowest BCUT2D eigenvalue weighted by molar-refractivity contribution is 0.466. The Morgan fingerprint density at radius 1 is 1.09 bits per heavy atom. The molecule has 0 bridgehead atoms. The molecule has 0 saturated carbocycles. The molecule has 0 radical (unpaired) electrons. The Kier molecular flexibility index (Phi) is 2.37. The molecule has 6 heteroatoms. The van der Waals surface area contributed by atoms with Gasteiger partial charge in [0, 0.05) is 23.6 Å². The number of phenolic OH excluding ortho intramolecular Hbond substituents is 1. The van der Waals surface area contributed by atoms with Gasteiger partial charge in [-0.05, 0) is 26.0 Å². The number of furan rings is 2. The Balaban J connectivity index is 2.27. The number of hydrogen-bond donors (Lipinski definition) is 2. The number of nitrogens with zero attached hydrogens (tertiary/aromatic N) is 2. The number of anilines is 1. The fourth-order valence-electron chi connectivity index (χ4n) is 2.90. The molecule has 22 heavy (non-hydrogen) atoms. The first kappa shape index (κ1) is 12.8. The van der Waals surface area contributed by atoms with Gasteiger partial charge in [0.1, 0.15) is 22.9 Å². The van der Waals surface area contributed by atoms with E-state index in [1.807, 2.05) is 19.9 Å². The predicted octanol–water partition coefficient (Wildman–Crippen LogP) is 3.48. The van der Waals surface area contributed by atoms with Gasteiger partial charge < -0.3 is 19.7 Å². The number of aromatic hydroxyl groups is 1. The molecular weight excluding hydrogens is 282 g/mol. The highest BCUT2D eigenvalue weighted by atomic mass is 16.4. The minimum absolute atomic E-state index is 0.0844. The molecule has 4 rings (SSSR count). The van der Waals surface area contributed by atoms with E-state index in [4.69, 9.17) is 14.6 Å². The van der Waals surface area contributed by atoms with Gasteiger partial charge in [-0.1, -0.05) is 0 Å². The molecule has 0 aliphatic heterocycles. The summed E-state index contributed by atoms with van der Waals surface area (Å²) < 4.78 is 13.1. The van der Waals surface area contributed by atoms with Crippen LogP contribution < -0.4 is 5.73 Å². The standard InChI is InChI=1S/C16H15N3O3/c1-7-4-9-12(11-6-18-19(3)16(11)17)14-10(5-8(2)21-14)13(20)15(9)22-7/h4-6,20H,17H2,1-3H3. The maximum Gasteiger partial charge on any atom is 0.177 e. The van der Waals surface area contributed by atoms with Crippen LogP contribution in [0.1, 0.15) is 11.5 Å². The van der Waals surface area contributed by atoms with Crippen molar-refractivity contribution in [3.8, 4) is 16.9 Å². The second-order valence-corrected chi connectivity index (χ2v) is 5.49. The molecule has 0 atom stereocenters. The zero-order valence-electron chi connectivity index (χ0n) is 12.5. The molecule has 0 unspecified atom stereocenters. The third-order valence-electron chi connectivity index (χ3n) is 3.93. The lowest BCUT2D eigenvalue weighted by Crippen LogP contribution is -1.98. The molecule has 0 saturated heterocycles. The van der Waals surface area contributed by atoms with Crippen molar-refractivity contribution in [3.63, 3.8) is 0 Å². The summed E-state index contributed by atoms with van der Waals surface area (Å²) in [7, 11) is 1.78. The molecule has 0 aliphatic rings. The maximum atomic E-state index is 10.5. The fourth-order valence-corrected chi connectivity index (χ4v) is 2.90. The van der Waals surface area contributed by atoms with Crippen LogP contribution in [0.4, 0.5) is 5.82 Å². The number of rotatable bonds is 1. The Bertz CT molecular complexity index is 979. The first-order chi connectivity index (χ1) is 10.5. The Hall–Kier alpha value is -2.89. The number of aryl methyl sites for hydroxylation is 3. The van der Waals surface area contributed by atoms with E-state index in [-0.39, 0.29) is 5.75 Å². The second kappa shape index (κ2) is 4.07. The molecule has 6 nitrogen and oxygen atoms in total. The largest absolute Gasteiger partial charge is 0.504 e. The molecule has 3 N–H and O–H groups in total. The van der Waals surface area contributed by atoms with Crippen LogP contribution in [-0.2, 0) is 7.05 Å². The first-order valence-electron chi connectivity index (χ1n) is 6.90. The van der Waals surface area contributed by atoms with Crippen LogP contribution >= 0.6 is 0 Å². The summed E-state index contributed by atoms with van der Waals surface area (Å²) in [6.07, 6.45) is 1.70. The molecule has 3 aromatic heterocycles. The number of nitrogen functional groups attached to an aromatic ring is 1. The van der Waals surface area contributed by atoms with Crippen LogP contribution in [0.2, 0.25) is 0 Å². The van der Waals surface area contributed by atoms with Gasteiger partial charge in [0.05, 0.1) is 11.6 Å². The first-order valence-corrected chi connectivity index (χ1v) is 6.90. The van der Waals surface area contributed by atoms with E-state index >= 15 is 0 Å². The molecule has 0 spiro atoms. The van der Waals surface area contributed by atoms with E-state index in [2.05, 4.69) is 5.10 Å². The van der Waals surface area contributed by atoms with Gasteiger partial charge in [0.15, 0.2) is 11.3 Å².